The van der Waals surface area contributed by atoms with E-state index in [0.717, 1.165) is 6.42 Å². The fraction of sp³-hybridized carbons (Fsp3) is 0.857. The normalized spacial score (nSPS) is 10.0. The summed E-state index contributed by atoms with van der Waals surface area (Å²) in [6.45, 7) is 2.26. The van der Waals surface area contributed by atoms with Crippen LogP contribution in [0.25, 0.3) is 0 Å². The summed E-state index contributed by atoms with van der Waals surface area (Å²) in [6, 6.07) is 0. The van der Waals surface area contributed by atoms with E-state index in [2.05, 4.69) is 12.8 Å². The number of unbranched alkanes of at least 4 members (excludes halogenated alkanes) is 10. The van der Waals surface area contributed by atoms with Crippen LogP contribution < -0.4 is 0 Å². The molecule has 0 fully saturated rings. The molecule has 0 saturated carbocycles. The van der Waals surface area contributed by atoms with Gasteiger partial charge in [-0.15, -0.1) is 0 Å². The van der Waals surface area contributed by atoms with Gasteiger partial charge in [-0.1, -0.05) is 70.6 Å². The van der Waals surface area contributed by atoms with E-state index in [1.807, 2.05) is 0 Å². The van der Waals surface area contributed by atoms with Crippen LogP contribution >= 0.6 is 0 Å². The van der Waals surface area contributed by atoms with E-state index in [1.54, 1.807) is 0 Å². The lowest BCUT2D eigenvalue weighted by molar-refractivity contribution is 0.558. The molecule has 0 aromatic heterocycles. The molecule has 0 bridgehead atoms. The van der Waals surface area contributed by atoms with Crippen molar-refractivity contribution in [2.75, 3.05) is 0 Å². The van der Waals surface area contributed by atoms with Gasteiger partial charge in [0.2, 0.25) is 0 Å². The van der Waals surface area contributed by atoms with Crippen molar-refractivity contribution in [3.05, 3.63) is 6.42 Å². The van der Waals surface area contributed by atoms with Gasteiger partial charge in [-0.25, -0.2) is 0 Å². The number of rotatable bonds is 10. The Hall–Kier alpha value is -0.440. The largest absolute Gasteiger partial charge is 0.0891 e. The van der Waals surface area contributed by atoms with Crippen LogP contribution in [-0.2, 0) is 0 Å². The summed E-state index contributed by atoms with van der Waals surface area (Å²) in [5.41, 5.74) is 0. The minimum atomic E-state index is 0.858. The molecule has 0 heterocycles. The molecule has 0 rings (SSSR count). The maximum atomic E-state index is 6.76. The molecule has 0 heteroatoms. The first-order valence-corrected chi connectivity index (χ1v) is 6.31. The molecule has 0 atom stereocenters. The maximum absolute atomic E-state index is 6.76. The Labute approximate surface area is 90.5 Å². The summed E-state index contributed by atoms with van der Waals surface area (Å²) in [5, 5.41) is 0. The summed E-state index contributed by atoms with van der Waals surface area (Å²) in [4.78, 5) is 0. The van der Waals surface area contributed by atoms with Gasteiger partial charge in [0.15, 0.2) is 0 Å². The molecule has 0 nitrogen and oxygen atoms in total. The van der Waals surface area contributed by atoms with Gasteiger partial charge in [0.25, 0.3) is 0 Å². The van der Waals surface area contributed by atoms with Gasteiger partial charge >= 0.3 is 0 Å². The molecule has 0 unspecified atom stereocenters. The Morgan fingerprint density at radius 1 is 0.714 bits per heavy atom. The summed E-state index contributed by atoms with van der Waals surface area (Å²) in [5.74, 6) is 2.44. The average molecular weight is 193 g/mol. The van der Waals surface area contributed by atoms with Crippen molar-refractivity contribution < 1.29 is 0 Å². The van der Waals surface area contributed by atoms with Gasteiger partial charge in [0, 0.05) is 6.42 Å². The quantitative estimate of drug-likeness (QED) is 0.342. The lowest BCUT2D eigenvalue weighted by Gasteiger charge is -2.00. The zero-order valence-corrected chi connectivity index (χ0v) is 9.78. The van der Waals surface area contributed by atoms with E-state index in [4.69, 9.17) is 6.42 Å². The highest BCUT2D eigenvalue weighted by Gasteiger charge is 1.91. The van der Waals surface area contributed by atoms with Crippen LogP contribution in [0.4, 0.5) is 0 Å². The van der Waals surface area contributed by atoms with Gasteiger partial charge in [-0.3, -0.25) is 0 Å². The zero-order chi connectivity index (χ0) is 10.5. The van der Waals surface area contributed by atoms with E-state index < -0.39 is 0 Å². The van der Waals surface area contributed by atoms with Crippen LogP contribution in [0.1, 0.15) is 77.6 Å². The molecular formula is C14H25. The third-order valence-electron chi connectivity index (χ3n) is 2.66. The highest BCUT2D eigenvalue weighted by atomic mass is 14.0. The minimum Gasteiger partial charge on any atom is -0.0891 e. The van der Waals surface area contributed by atoms with Crippen molar-refractivity contribution in [2.45, 2.75) is 77.6 Å². The number of hydrogen-bond acceptors (Lipinski definition) is 0. The van der Waals surface area contributed by atoms with Crippen molar-refractivity contribution in [3.8, 4) is 5.92 Å². The summed E-state index contributed by atoms with van der Waals surface area (Å²) in [6.07, 6.45) is 21.3. The second kappa shape index (κ2) is 12.6. The van der Waals surface area contributed by atoms with Crippen LogP contribution in [0.15, 0.2) is 0 Å². The van der Waals surface area contributed by atoms with E-state index in [1.165, 1.54) is 64.2 Å². The highest BCUT2D eigenvalue weighted by molar-refractivity contribution is 4.74. The van der Waals surface area contributed by atoms with Crippen molar-refractivity contribution in [1.82, 2.24) is 0 Å². The van der Waals surface area contributed by atoms with Crippen LogP contribution in [0.5, 0.6) is 0 Å². The molecule has 0 aliphatic carbocycles. The first-order chi connectivity index (χ1) is 6.91. The summed E-state index contributed by atoms with van der Waals surface area (Å²) >= 11 is 0. The number of hydrogen-bond donors (Lipinski definition) is 0. The van der Waals surface area contributed by atoms with Gasteiger partial charge < -0.3 is 0 Å². The van der Waals surface area contributed by atoms with Crippen molar-refractivity contribution in [3.63, 3.8) is 0 Å². The molecule has 0 saturated heterocycles. The van der Waals surface area contributed by atoms with Crippen molar-refractivity contribution in [2.24, 2.45) is 0 Å². The Morgan fingerprint density at radius 3 is 1.57 bits per heavy atom. The lowest BCUT2D eigenvalue weighted by atomic mass is 10.1. The fourth-order valence-corrected chi connectivity index (χ4v) is 1.70. The third-order valence-corrected chi connectivity index (χ3v) is 2.66. The Kier molecular flexibility index (Phi) is 12.2. The maximum Gasteiger partial charge on any atom is 0.00989 e. The van der Waals surface area contributed by atoms with Gasteiger partial charge in [0.05, 0.1) is 0 Å². The summed E-state index contributed by atoms with van der Waals surface area (Å²) in [7, 11) is 0. The lowest BCUT2D eigenvalue weighted by Crippen LogP contribution is -1.81. The van der Waals surface area contributed by atoms with Crippen LogP contribution in [-0.4, -0.2) is 0 Å². The van der Waals surface area contributed by atoms with Gasteiger partial charge in [0.1, 0.15) is 0 Å². The fourth-order valence-electron chi connectivity index (χ4n) is 1.70. The Morgan fingerprint density at radius 2 is 1.14 bits per heavy atom. The predicted molar refractivity (Wildman–Crippen MR) is 63.6 cm³/mol. The molecular weight excluding hydrogens is 168 g/mol. The van der Waals surface area contributed by atoms with Gasteiger partial charge in [-0.05, 0) is 12.8 Å². The molecule has 0 aliphatic rings. The molecule has 14 heavy (non-hydrogen) atoms. The third kappa shape index (κ3) is 11.6. The summed E-state index contributed by atoms with van der Waals surface area (Å²) < 4.78 is 0. The monoisotopic (exact) mass is 193 g/mol. The molecule has 0 aromatic rings. The topological polar surface area (TPSA) is 0 Å². The van der Waals surface area contributed by atoms with E-state index in [-0.39, 0.29) is 0 Å². The average Bonchev–Trinajstić information content (AvgIpc) is 2.21. The van der Waals surface area contributed by atoms with Crippen LogP contribution in [0, 0.1) is 12.3 Å². The zero-order valence-electron chi connectivity index (χ0n) is 9.78. The van der Waals surface area contributed by atoms with Gasteiger partial charge in [-0.2, -0.15) is 0 Å². The smallest absolute Gasteiger partial charge is 0.00989 e. The minimum absolute atomic E-state index is 0.858. The molecule has 1 radical (unpaired) electrons. The SMILES string of the molecule is [C]#CCCCCCCCCCCCC. The molecule has 0 amide bonds. The molecule has 81 valence electrons. The van der Waals surface area contributed by atoms with Crippen LogP contribution in [0.3, 0.4) is 0 Å². The first-order valence-electron chi connectivity index (χ1n) is 6.31. The predicted octanol–water partition coefficient (Wildman–Crippen LogP) is 4.89. The van der Waals surface area contributed by atoms with E-state index in [0.29, 0.717) is 0 Å². The second-order valence-electron chi connectivity index (χ2n) is 4.11. The highest BCUT2D eigenvalue weighted by Crippen LogP contribution is 2.10. The van der Waals surface area contributed by atoms with Crippen molar-refractivity contribution >= 4 is 0 Å². The Balaban J connectivity index is 2.82. The standard InChI is InChI=1S/C14H25/c1-3-5-7-9-11-13-14-12-10-8-6-4-2/h3,5-14H2,1H3. The Bertz CT molecular complexity index is 129. The van der Waals surface area contributed by atoms with Crippen molar-refractivity contribution in [1.29, 1.82) is 0 Å². The molecule has 0 aliphatic heterocycles. The second-order valence-corrected chi connectivity index (χ2v) is 4.11. The van der Waals surface area contributed by atoms with E-state index in [9.17, 15) is 0 Å². The molecule has 0 aromatic carbocycles. The van der Waals surface area contributed by atoms with E-state index >= 15 is 0 Å². The molecule has 0 N–H and O–H groups in total. The first kappa shape index (κ1) is 13.6. The van der Waals surface area contributed by atoms with Crippen LogP contribution in [0.2, 0.25) is 0 Å². The molecule has 0 spiro atoms.